The summed E-state index contributed by atoms with van der Waals surface area (Å²) in [7, 11) is 0. The summed E-state index contributed by atoms with van der Waals surface area (Å²) in [6.45, 7) is 5.67. The van der Waals surface area contributed by atoms with Gasteiger partial charge in [0.25, 0.3) is 5.91 Å². The fourth-order valence-corrected chi connectivity index (χ4v) is 3.38. The van der Waals surface area contributed by atoms with Crippen molar-refractivity contribution < 1.29 is 13.9 Å². The van der Waals surface area contributed by atoms with Crippen molar-refractivity contribution in [3.8, 4) is 5.75 Å². The molecule has 5 heteroatoms. The maximum atomic E-state index is 13.7. The lowest BCUT2D eigenvalue weighted by Gasteiger charge is -2.12. The minimum Gasteiger partial charge on any atom is -0.493 e. The van der Waals surface area contributed by atoms with E-state index in [1.165, 1.54) is 12.1 Å². The molecule has 2 aromatic carbocycles. The molecule has 0 aliphatic heterocycles. The molecule has 3 aromatic rings. The topological polar surface area (TPSA) is 43.3 Å². The number of benzene rings is 2. The minimum absolute atomic E-state index is 0.119. The first kappa shape index (κ1) is 19.9. The van der Waals surface area contributed by atoms with Crippen molar-refractivity contribution >= 4 is 16.8 Å². The van der Waals surface area contributed by atoms with E-state index >= 15 is 0 Å². The van der Waals surface area contributed by atoms with Crippen molar-refractivity contribution in [1.82, 2.24) is 9.88 Å². The van der Waals surface area contributed by atoms with Crippen molar-refractivity contribution in [1.29, 1.82) is 0 Å². The summed E-state index contributed by atoms with van der Waals surface area (Å²) < 4.78 is 21.3. The van der Waals surface area contributed by atoms with Crippen molar-refractivity contribution in [3.63, 3.8) is 0 Å². The zero-order valence-electron chi connectivity index (χ0n) is 16.5. The third-order valence-electron chi connectivity index (χ3n) is 4.73. The zero-order valence-corrected chi connectivity index (χ0v) is 16.5. The van der Waals surface area contributed by atoms with Crippen LogP contribution in [0.15, 0.2) is 48.5 Å². The van der Waals surface area contributed by atoms with Gasteiger partial charge in [-0.25, -0.2) is 4.39 Å². The first-order chi connectivity index (χ1) is 13.6. The molecule has 0 aliphatic rings. The molecule has 0 unspecified atom stereocenters. The van der Waals surface area contributed by atoms with Crippen LogP contribution < -0.4 is 10.1 Å². The van der Waals surface area contributed by atoms with Gasteiger partial charge in [-0.15, -0.1) is 0 Å². The third-order valence-corrected chi connectivity index (χ3v) is 4.73. The molecule has 3 rings (SSSR count). The molecule has 1 heterocycles. The number of rotatable bonds is 9. The summed E-state index contributed by atoms with van der Waals surface area (Å²) in [5.74, 6) is 0.346. The summed E-state index contributed by atoms with van der Waals surface area (Å²) in [6, 6.07) is 14.1. The van der Waals surface area contributed by atoms with E-state index in [0.717, 1.165) is 41.5 Å². The van der Waals surface area contributed by atoms with E-state index in [4.69, 9.17) is 4.74 Å². The second-order valence-electron chi connectivity index (χ2n) is 6.83. The number of carbonyl (C=O) groups is 1. The second kappa shape index (κ2) is 9.40. The predicted molar refractivity (Wildman–Crippen MR) is 110 cm³/mol. The molecule has 28 heavy (non-hydrogen) atoms. The van der Waals surface area contributed by atoms with Gasteiger partial charge < -0.3 is 14.6 Å². The number of aromatic nitrogens is 1. The van der Waals surface area contributed by atoms with Gasteiger partial charge in [0.15, 0.2) is 0 Å². The Labute approximate surface area is 165 Å². The summed E-state index contributed by atoms with van der Waals surface area (Å²) >= 11 is 0. The Hall–Kier alpha value is -2.82. The van der Waals surface area contributed by atoms with Crippen LogP contribution in [0.25, 0.3) is 10.9 Å². The molecule has 0 fully saturated rings. The lowest BCUT2D eigenvalue weighted by Crippen LogP contribution is -2.27. The van der Waals surface area contributed by atoms with Crippen molar-refractivity contribution in [2.45, 2.75) is 39.7 Å². The number of nitrogens with zero attached hydrogens (tertiary/aromatic N) is 1. The molecule has 1 N–H and O–H groups in total. The number of halogens is 1. The highest BCUT2D eigenvalue weighted by Gasteiger charge is 2.18. The normalized spacial score (nSPS) is 11.0. The number of nitrogens with one attached hydrogen (secondary N) is 1. The van der Waals surface area contributed by atoms with Crippen LogP contribution in [0.3, 0.4) is 0 Å². The number of unbranched alkanes of at least 4 members (excludes halogenated alkanes) is 2. The average Bonchev–Trinajstić information content (AvgIpc) is 3.05. The second-order valence-corrected chi connectivity index (χ2v) is 6.83. The number of carbonyl (C=O) groups excluding carboxylic acids is 1. The molecule has 0 radical (unpaired) electrons. The van der Waals surface area contributed by atoms with Crippen LogP contribution in [0.5, 0.6) is 5.75 Å². The summed E-state index contributed by atoms with van der Waals surface area (Å²) in [6.07, 6.45) is 3.14. The largest absolute Gasteiger partial charge is 0.493 e. The first-order valence-electron chi connectivity index (χ1n) is 9.91. The van der Waals surface area contributed by atoms with Gasteiger partial charge in [-0.2, -0.15) is 0 Å². The zero-order chi connectivity index (χ0) is 19.9. The quantitative estimate of drug-likeness (QED) is 0.520. The molecule has 1 aromatic heterocycles. The van der Waals surface area contributed by atoms with E-state index in [1.807, 2.05) is 41.8 Å². The molecule has 0 bridgehead atoms. The van der Waals surface area contributed by atoms with Gasteiger partial charge in [0.2, 0.25) is 0 Å². The number of hydrogen-bond acceptors (Lipinski definition) is 2. The van der Waals surface area contributed by atoms with Crippen LogP contribution in [0.4, 0.5) is 4.39 Å². The number of ether oxygens (including phenoxy) is 1. The molecular weight excluding hydrogens is 355 g/mol. The Morgan fingerprint density at radius 3 is 2.68 bits per heavy atom. The van der Waals surface area contributed by atoms with Crippen LogP contribution in [-0.2, 0) is 6.54 Å². The minimum atomic E-state index is -0.283. The standard InChI is InChI=1S/C23H27FN2O2/c1-3-5-6-13-25-23(27)21-15-19-20(11-8-12-22(19)28-4-2)26(21)16-17-9-7-10-18(24)14-17/h7-12,14-15H,3-6,13,16H2,1-2H3,(H,25,27). The Balaban J connectivity index is 1.99. The molecule has 0 atom stereocenters. The van der Waals surface area contributed by atoms with Crippen molar-refractivity contribution in [2.75, 3.05) is 13.2 Å². The highest BCUT2D eigenvalue weighted by atomic mass is 19.1. The van der Waals surface area contributed by atoms with E-state index < -0.39 is 0 Å². The monoisotopic (exact) mass is 382 g/mol. The Morgan fingerprint density at radius 1 is 1.11 bits per heavy atom. The van der Waals surface area contributed by atoms with Crippen molar-refractivity contribution in [2.24, 2.45) is 0 Å². The van der Waals surface area contributed by atoms with Crippen LogP contribution in [0, 0.1) is 5.82 Å². The van der Waals surface area contributed by atoms with Crippen LogP contribution in [-0.4, -0.2) is 23.6 Å². The summed E-state index contributed by atoms with van der Waals surface area (Å²) in [5, 5.41) is 3.90. The number of hydrogen-bond donors (Lipinski definition) is 1. The highest BCUT2D eigenvalue weighted by molar-refractivity contribution is 6.00. The maximum absolute atomic E-state index is 13.7. The van der Waals surface area contributed by atoms with E-state index in [0.29, 0.717) is 25.4 Å². The smallest absolute Gasteiger partial charge is 0.267 e. The Kier molecular flexibility index (Phi) is 6.69. The van der Waals surface area contributed by atoms with E-state index in [1.54, 1.807) is 6.07 Å². The van der Waals surface area contributed by atoms with Crippen LogP contribution in [0.1, 0.15) is 49.2 Å². The maximum Gasteiger partial charge on any atom is 0.267 e. The van der Waals surface area contributed by atoms with Crippen LogP contribution in [0.2, 0.25) is 0 Å². The van der Waals surface area contributed by atoms with Crippen LogP contribution >= 0.6 is 0 Å². The number of fused-ring (bicyclic) bond motifs is 1. The van der Waals surface area contributed by atoms with Gasteiger partial charge in [0.05, 0.1) is 12.1 Å². The summed E-state index contributed by atoms with van der Waals surface area (Å²) in [4.78, 5) is 12.9. The van der Waals surface area contributed by atoms with Gasteiger partial charge >= 0.3 is 0 Å². The molecule has 0 saturated heterocycles. The summed E-state index contributed by atoms with van der Waals surface area (Å²) in [5.41, 5.74) is 2.26. The molecule has 0 saturated carbocycles. The van der Waals surface area contributed by atoms with Gasteiger partial charge in [-0.3, -0.25) is 4.79 Å². The van der Waals surface area contributed by atoms with Gasteiger partial charge in [-0.1, -0.05) is 38.0 Å². The highest BCUT2D eigenvalue weighted by Crippen LogP contribution is 2.30. The predicted octanol–water partition coefficient (Wildman–Crippen LogP) is 5.15. The van der Waals surface area contributed by atoms with Gasteiger partial charge in [-0.05, 0) is 49.2 Å². The lowest BCUT2D eigenvalue weighted by molar-refractivity contribution is 0.0944. The molecule has 148 valence electrons. The lowest BCUT2D eigenvalue weighted by atomic mass is 10.2. The van der Waals surface area contributed by atoms with E-state index in [2.05, 4.69) is 12.2 Å². The fourth-order valence-electron chi connectivity index (χ4n) is 3.38. The molecule has 0 aliphatic carbocycles. The first-order valence-corrected chi connectivity index (χ1v) is 9.91. The molecule has 1 amide bonds. The fraction of sp³-hybridized carbons (Fsp3) is 0.348. The van der Waals surface area contributed by atoms with E-state index in [-0.39, 0.29) is 11.7 Å². The van der Waals surface area contributed by atoms with Crippen molar-refractivity contribution in [3.05, 3.63) is 65.6 Å². The molecule has 0 spiro atoms. The van der Waals surface area contributed by atoms with Gasteiger partial charge in [0.1, 0.15) is 17.3 Å². The average molecular weight is 382 g/mol. The number of amides is 1. The SMILES string of the molecule is CCCCCNC(=O)c1cc2c(OCC)cccc2n1Cc1cccc(F)c1. The van der Waals surface area contributed by atoms with Gasteiger partial charge in [0, 0.05) is 18.5 Å². The molecule has 4 nitrogen and oxygen atoms in total. The Bertz CT molecular complexity index is 949. The molecular formula is C23H27FN2O2. The third kappa shape index (κ3) is 4.53. The Morgan fingerprint density at radius 2 is 1.93 bits per heavy atom. The van der Waals surface area contributed by atoms with E-state index in [9.17, 15) is 9.18 Å².